The highest BCUT2D eigenvalue weighted by Crippen LogP contribution is 2.23. The van der Waals surface area contributed by atoms with E-state index in [1.54, 1.807) is 13.0 Å². The van der Waals surface area contributed by atoms with Gasteiger partial charge in [-0.15, -0.1) is 0 Å². The molecule has 0 unspecified atom stereocenters. The highest BCUT2D eigenvalue weighted by molar-refractivity contribution is 7.89. The number of rotatable bonds is 3. The average molecular weight is 310 g/mol. The Kier molecular flexibility index (Phi) is 4.68. The van der Waals surface area contributed by atoms with Gasteiger partial charge in [0.05, 0.1) is 4.90 Å². The molecule has 5 nitrogen and oxygen atoms in total. The molecule has 1 aliphatic rings. The van der Waals surface area contributed by atoms with Gasteiger partial charge in [-0.2, -0.15) is 0 Å². The van der Waals surface area contributed by atoms with E-state index >= 15 is 0 Å². The van der Waals surface area contributed by atoms with Crippen LogP contribution in [0.2, 0.25) is 0 Å². The molecular formula is C15H22N2O3S. The van der Waals surface area contributed by atoms with E-state index < -0.39 is 10.0 Å². The summed E-state index contributed by atoms with van der Waals surface area (Å²) in [6.07, 6.45) is 3.23. The largest absolute Gasteiger partial charge is 0.339 e. The highest BCUT2D eigenvalue weighted by atomic mass is 32.2. The third kappa shape index (κ3) is 3.63. The standard InChI is InChI=1S/C15H22N2O3S/c1-3-12-6-8-17(9-7-12)15(18)14-5-4-13(10-11(14)2)21(16,19)20/h4-5,10,12H,3,6-9H2,1-2H3,(H2,16,19,20). The van der Waals surface area contributed by atoms with E-state index in [1.165, 1.54) is 12.1 Å². The first kappa shape index (κ1) is 16.0. The van der Waals surface area contributed by atoms with Crippen LogP contribution in [0.1, 0.15) is 42.1 Å². The molecule has 1 amide bonds. The molecular weight excluding hydrogens is 288 g/mol. The fourth-order valence-electron chi connectivity index (χ4n) is 2.77. The molecule has 0 radical (unpaired) electrons. The molecule has 2 N–H and O–H groups in total. The number of hydrogen-bond donors (Lipinski definition) is 1. The molecule has 1 aliphatic heterocycles. The van der Waals surface area contributed by atoms with Crippen LogP contribution in [0.4, 0.5) is 0 Å². The number of likely N-dealkylation sites (tertiary alicyclic amines) is 1. The Hall–Kier alpha value is -1.40. The number of aryl methyl sites for hydroxylation is 1. The summed E-state index contributed by atoms with van der Waals surface area (Å²) < 4.78 is 22.6. The van der Waals surface area contributed by atoms with Gasteiger partial charge in [0.2, 0.25) is 10.0 Å². The molecule has 0 saturated carbocycles. The lowest BCUT2D eigenvalue weighted by molar-refractivity contribution is 0.0688. The Morgan fingerprint density at radius 3 is 2.43 bits per heavy atom. The van der Waals surface area contributed by atoms with Crippen molar-refractivity contribution in [2.24, 2.45) is 11.1 Å². The van der Waals surface area contributed by atoms with Crippen molar-refractivity contribution >= 4 is 15.9 Å². The van der Waals surface area contributed by atoms with E-state index in [0.29, 0.717) is 17.0 Å². The minimum absolute atomic E-state index is 0.0250. The van der Waals surface area contributed by atoms with E-state index in [-0.39, 0.29) is 10.8 Å². The Labute approximate surface area is 126 Å². The smallest absolute Gasteiger partial charge is 0.254 e. The maximum Gasteiger partial charge on any atom is 0.254 e. The van der Waals surface area contributed by atoms with Gasteiger partial charge in [-0.1, -0.05) is 13.3 Å². The van der Waals surface area contributed by atoms with E-state index in [0.717, 1.165) is 32.4 Å². The summed E-state index contributed by atoms with van der Waals surface area (Å²) in [5, 5.41) is 5.10. The minimum Gasteiger partial charge on any atom is -0.339 e. The zero-order valence-corrected chi connectivity index (χ0v) is 13.3. The Morgan fingerprint density at radius 1 is 1.33 bits per heavy atom. The third-order valence-electron chi connectivity index (χ3n) is 4.24. The zero-order chi connectivity index (χ0) is 15.6. The quantitative estimate of drug-likeness (QED) is 0.926. The van der Waals surface area contributed by atoms with Crippen molar-refractivity contribution in [3.8, 4) is 0 Å². The van der Waals surface area contributed by atoms with Gasteiger partial charge in [-0.3, -0.25) is 4.79 Å². The minimum atomic E-state index is -3.73. The fourth-order valence-corrected chi connectivity index (χ4v) is 3.37. The first-order valence-electron chi connectivity index (χ1n) is 7.25. The van der Waals surface area contributed by atoms with Gasteiger partial charge in [0.25, 0.3) is 5.91 Å². The number of sulfonamides is 1. The number of primary sulfonamides is 1. The molecule has 2 rings (SSSR count). The van der Waals surface area contributed by atoms with Crippen LogP contribution in [0.15, 0.2) is 23.1 Å². The van der Waals surface area contributed by atoms with Crippen LogP contribution in [0.25, 0.3) is 0 Å². The summed E-state index contributed by atoms with van der Waals surface area (Å²) in [6, 6.07) is 4.42. The highest BCUT2D eigenvalue weighted by Gasteiger charge is 2.24. The topological polar surface area (TPSA) is 80.5 Å². The molecule has 1 saturated heterocycles. The molecule has 1 heterocycles. The number of nitrogens with two attached hydrogens (primary N) is 1. The van der Waals surface area contributed by atoms with Crippen LogP contribution in [-0.2, 0) is 10.0 Å². The molecule has 0 aliphatic carbocycles. The lowest BCUT2D eigenvalue weighted by Crippen LogP contribution is -2.38. The summed E-state index contributed by atoms with van der Waals surface area (Å²) in [5.74, 6) is 0.683. The van der Waals surface area contributed by atoms with E-state index in [9.17, 15) is 13.2 Å². The molecule has 0 spiro atoms. The summed E-state index contributed by atoms with van der Waals surface area (Å²) in [4.78, 5) is 14.4. The third-order valence-corrected chi connectivity index (χ3v) is 5.15. The van der Waals surface area contributed by atoms with E-state index in [2.05, 4.69) is 6.92 Å². The van der Waals surface area contributed by atoms with Crippen molar-refractivity contribution in [1.82, 2.24) is 4.90 Å². The predicted molar refractivity (Wildman–Crippen MR) is 81.5 cm³/mol. The van der Waals surface area contributed by atoms with Crippen molar-refractivity contribution in [2.45, 2.75) is 38.0 Å². The van der Waals surface area contributed by atoms with Gasteiger partial charge < -0.3 is 4.90 Å². The molecule has 6 heteroatoms. The number of hydrogen-bond acceptors (Lipinski definition) is 3. The van der Waals surface area contributed by atoms with E-state index in [1.807, 2.05) is 4.90 Å². The van der Waals surface area contributed by atoms with Crippen molar-refractivity contribution in [2.75, 3.05) is 13.1 Å². The predicted octanol–water partition coefficient (Wildman–Crippen LogP) is 1.90. The fraction of sp³-hybridized carbons (Fsp3) is 0.533. The van der Waals surface area contributed by atoms with E-state index in [4.69, 9.17) is 5.14 Å². The van der Waals surface area contributed by atoms with Crippen LogP contribution >= 0.6 is 0 Å². The van der Waals surface area contributed by atoms with Crippen molar-refractivity contribution < 1.29 is 13.2 Å². The Bertz CT molecular complexity index is 632. The molecule has 0 bridgehead atoms. The summed E-state index contributed by atoms with van der Waals surface area (Å²) in [5.41, 5.74) is 1.20. The lowest BCUT2D eigenvalue weighted by Gasteiger charge is -2.32. The number of piperidine rings is 1. The monoisotopic (exact) mass is 310 g/mol. The van der Waals surface area contributed by atoms with Gasteiger partial charge in [0.15, 0.2) is 0 Å². The van der Waals surface area contributed by atoms with Crippen LogP contribution in [0.5, 0.6) is 0 Å². The molecule has 1 aromatic carbocycles. The maximum atomic E-state index is 12.5. The Balaban J connectivity index is 2.17. The summed E-state index contributed by atoms with van der Waals surface area (Å²) in [7, 11) is -3.73. The average Bonchev–Trinajstić information content (AvgIpc) is 2.45. The maximum absolute atomic E-state index is 12.5. The van der Waals surface area contributed by atoms with Gasteiger partial charge in [0, 0.05) is 18.7 Å². The second-order valence-corrected chi connectivity index (χ2v) is 7.23. The summed E-state index contributed by atoms with van der Waals surface area (Å²) >= 11 is 0. The first-order valence-corrected chi connectivity index (χ1v) is 8.80. The van der Waals surface area contributed by atoms with Crippen LogP contribution in [-0.4, -0.2) is 32.3 Å². The number of nitrogens with zero attached hydrogens (tertiary/aromatic N) is 1. The molecule has 0 atom stereocenters. The van der Waals surface area contributed by atoms with Crippen LogP contribution < -0.4 is 5.14 Å². The number of carbonyl (C=O) groups excluding carboxylic acids is 1. The molecule has 21 heavy (non-hydrogen) atoms. The second kappa shape index (κ2) is 6.15. The number of amides is 1. The van der Waals surface area contributed by atoms with Gasteiger partial charge in [-0.05, 0) is 49.4 Å². The van der Waals surface area contributed by atoms with Crippen LogP contribution in [0.3, 0.4) is 0 Å². The summed E-state index contributed by atoms with van der Waals surface area (Å²) in [6.45, 7) is 5.46. The van der Waals surface area contributed by atoms with Crippen molar-refractivity contribution in [3.05, 3.63) is 29.3 Å². The lowest BCUT2D eigenvalue weighted by atomic mass is 9.94. The normalized spacial score (nSPS) is 17.0. The molecule has 0 aromatic heterocycles. The molecule has 1 aromatic rings. The number of carbonyl (C=O) groups is 1. The zero-order valence-electron chi connectivity index (χ0n) is 12.5. The van der Waals surface area contributed by atoms with Gasteiger partial charge >= 0.3 is 0 Å². The number of benzene rings is 1. The van der Waals surface area contributed by atoms with Crippen molar-refractivity contribution in [1.29, 1.82) is 0 Å². The van der Waals surface area contributed by atoms with Gasteiger partial charge in [0.1, 0.15) is 0 Å². The second-order valence-electron chi connectivity index (χ2n) is 5.67. The van der Waals surface area contributed by atoms with Gasteiger partial charge in [-0.25, -0.2) is 13.6 Å². The molecule has 1 fully saturated rings. The first-order chi connectivity index (χ1) is 9.82. The molecule has 116 valence electrons. The SMILES string of the molecule is CCC1CCN(C(=O)c2ccc(S(N)(=O)=O)cc2C)CC1. The van der Waals surface area contributed by atoms with Crippen LogP contribution in [0, 0.1) is 12.8 Å². The van der Waals surface area contributed by atoms with Crippen molar-refractivity contribution in [3.63, 3.8) is 0 Å². The Morgan fingerprint density at radius 2 is 1.95 bits per heavy atom.